The molecule has 4 rings (SSSR count). The Hall–Kier alpha value is -2.80. The molecule has 0 saturated carbocycles. The van der Waals surface area contributed by atoms with Gasteiger partial charge in [-0.1, -0.05) is 36.0 Å². The van der Waals surface area contributed by atoms with Gasteiger partial charge in [-0.2, -0.15) is 0 Å². The summed E-state index contributed by atoms with van der Waals surface area (Å²) < 4.78 is 0.915. The summed E-state index contributed by atoms with van der Waals surface area (Å²) in [7, 11) is 1.72. The van der Waals surface area contributed by atoms with Gasteiger partial charge in [-0.3, -0.25) is 9.59 Å². The van der Waals surface area contributed by atoms with Gasteiger partial charge >= 0.3 is 0 Å². The van der Waals surface area contributed by atoms with Crippen molar-refractivity contribution in [2.75, 3.05) is 18.5 Å². The number of imidazole rings is 1. The summed E-state index contributed by atoms with van der Waals surface area (Å²) in [6.45, 7) is 2.95. The van der Waals surface area contributed by atoms with Crippen molar-refractivity contribution in [3.8, 4) is 0 Å². The minimum absolute atomic E-state index is 0.200. The first-order chi connectivity index (χ1) is 13.5. The normalized spacial score (nSPS) is 18.9. The number of anilines is 1. The van der Waals surface area contributed by atoms with Crippen molar-refractivity contribution in [2.45, 2.75) is 29.5 Å². The van der Waals surface area contributed by atoms with Crippen LogP contribution >= 0.6 is 11.8 Å². The molecule has 7 heteroatoms. The molecule has 0 spiro atoms. The predicted octanol–water partition coefficient (Wildman–Crippen LogP) is 3.07. The van der Waals surface area contributed by atoms with E-state index in [1.165, 1.54) is 11.8 Å². The van der Waals surface area contributed by atoms with E-state index in [4.69, 9.17) is 0 Å². The van der Waals surface area contributed by atoms with E-state index in [2.05, 4.69) is 14.9 Å². The summed E-state index contributed by atoms with van der Waals surface area (Å²) in [6.07, 6.45) is 2.58. The summed E-state index contributed by atoms with van der Waals surface area (Å²) >= 11 is 1.32. The van der Waals surface area contributed by atoms with Gasteiger partial charge in [0.1, 0.15) is 0 Å². The smallest absolute Gasteiger partial charge is 0.252 e. The first-order valence-electron chi connectivity index (χ1n) is 9.25. The number of aryl methyl sites for hydroxylation is 1. The number of amides is 2. The monoisotopic (exact) mass is 394 g/mol. The summed E-state index contributed by atoms with van der Waals surface area (Å²) in [6, 6.07) is 15.6. The van der Waals surface area contributed by atoms with Gasteiger partial charge in [-0.25, -0.2) is 4.98 Å². The maximum Gasteiger partial charge on any atom is 0.252 e. The van der Waals surface area contributed by atoms with Crippen molar-refractivity contribution >= 4 is 40.3 Å². The maximum absolute atomic E-state index is 12.9. The van der Waals surface area contributed by atoms with Gasteiger partial charge in [0.05, 0.1) is 23.0 Å². The van der Waals surface area contributed by atoms with Crippen LogP contribution in [-0.4, -0.2) is 39.7 Å². The zero-order valence-corrected chi connectivity index (χ0v) is 16.7. The van der Waals surface area contributed by atoms with Crippen LogP contribution in [0.5, 0.6) is 0 Å². The fourth-order valence-electron chi connectivity index (χ4n) is 3.47. The Labute approximate surface area is 167 Å². The van der Waals surface area contributed by atoms with Crippen molar-refractivity contribution in [1.82, 2.24) is 14.9 Å². The van der Waals surface area contributed by atoms with Gasteiger partial charge in [0.2, 0.25) is 5.91 Å². The zero-order valence-electron chi connectivity index (χ0n) is 15.9. The molecule has 1 atom stereocenters. The largest absolute Gasteiger partial charge is 0.354 e. The average molecular weight is 395 g/mol. The Kier molecular flexibility index (Phi) is 4.85. The molecule has 2 heterocycles. The van der Waals surface area contributed by atoms with Crippen LogP contribution in [-0.2, 0) is 16.1 Å². The number of rotatable bonds is 5. The molecule has 1 N–H and O–H groups in total. The van der Waals surface area contributed by atoms with Crippen LogP contribution in [0, 0.1) is 0 Å². The highest BCUT2D eigenvalue weighted by molar-refractivity contribution is 8.02. The molecule has 0 saturated heterocycles. The lowest BCUT2D eigenvalue weighted by molar-refractivity contribution is -0.131. The number of nitrogens with one attached hydrogen (secondary N) is 1. The Morgan fingerprint density at radius 2 is 1.93 bits per heavy atom. The number of hydrogen-bond acceptors (Lipinski definition) is 4. The maximum atomic E-state index is 12.9. The third kappa shape index (κ3) is 3.16. The molecule has 2 aromatic carbocycles. The lowest BCUT2D eigenvalue weighted by Crippen LogP contribution is -2.55. The van der Waals surface area contributed by atoms with Gasteiger partial charge in [0, 0.05) is 25.0 Å². The number of para-hydroxylation sites is 3. The molecule has 1 aromatic heterocycles. The van der Waals surface area contributed by atoms with Gasteiger partial charge in [0.25, 0.3) is 5.91 Å². The van der Waals surface area contributed by atoms with Crippen molar-refractivity contribution in [3.63, 3.8) is 0 Å². The molecule has 6 nitrogen and oxygen atoms in total. The third-order valence-electron chi connectivity index (χ3n) is 5.08. The number of thioether (sulfide) groups is 1. The number of nitrogens with zero attached hydrogens (tertiary/aromatic N) is 3. The molecular weight excluding hydrogens is 372 g/mol. The molecule has 0 aliphatic carbocycles. The molecule has 2 amide bonds. The number of hydrogen-bond donors (Lipinski definition) is 1. The number of fused-ring (bicyclic) bond motifs is 2. The van der Waals surface area contributed by atoms with E-state index in [1.54, 1.807) is 18.9 Å². The first-order valence-corrected chi connectivity index (χ1v) is 10.1. The van der Waals surface area contributed by atoms with Crippen LogP contribution in [0.4, 0.5) is 5.69 Å². The Morgan fingerprint density at radius 3 is 2.79 bits per heavy atom. The topological polar surface area (TPSA) is 67.2 Å². The van der Waals surface area contributed by atoms with Gasteiger partial charge in [-0.15, -0.1) is 0 Å². The molecule has 1 aliphatic heterocycles. The van der Waals surface area contributed by atoms with Crippen LogP contribution in [0.3, 0.4) is 0 Å². The Morgan fingerprint density at radius 1 is 1.18 bits per heavy atom. The highest BCUT2D eigenvalue weighted by Crippen LogP contribution is 2.44. The second kappa shape index (κ2) is 7.31. The van der Waals surface area contributed by atoms with Crippen LogP contribution in [0.2, 0.25) is 0 Å². The highest BCUT2D eigenvalue weighted by atomic mass is 32.2. The first kappa shape index (κ1) is 18.6. The van der Waals surface area contributed by atoms with E-state index in [-0.39, 0.29) is 11.8 Å². The fourth-order valence-corrected chi connectivity index (χ4v) is 4.75. The molecule has 0 radical (unpaired) electrons. The van der Waals surface area contributed by atoms with Gasteiger partial charge in [-0.05, 0) is 37.6 Å². The van der Waals surface area contributed by atoms with Gasteiger partial charge in [0.15, 0.2) is 4.75 Å². The van der Waals surface area contributed by atoms with E-state index >= 15 is 0 Å². The van der Waals surface area contributed by atoms with E-state index < -0.39 is 4.75 Å². The summed E-state index contributed by atoms with van der Waals surface area (Å²) in [5.41, 5.74) is 2.89. The second-order valence-corrected chi connectivity index (χ2v) is 8.46. The minimum Gasteiger partial charge on any atom is -0.354 e. The van der Waals surface area contributed by atoms with Crippen molar-refractivity contribution < 1.29 is 9.59 Å². The molecule has 1 aliphatic rings. The molecular formula is C21H22N4O2S. The van der Waals surface area contributed by atoms with Crippen molar-refractivity contribution in [1.29, 1.82) is 0 Å². The van der Waals surface area contributed by atoms with E-state index in [9.17, 15) is 9.59 Å². The SMILES string of the molecule is CN1C(=O)C(C)(C(=O)NCCCn2cnc3ccccc32)Sc2ccccc21. The van der Waals surface area contributed by atoms with Crippen LogP contribution < -0.4 is 10.2 Å². The molecule has 3 aromatic rings. The predicted molar refractivity (Wildman–Crippen MR) is 111 cm³/mol. The fraction of sp³-hybridized carbons (Fsp3) is 0.286. The van der Waals surface area contributed by atoms with E-state index in [0.29, 0.717) is 6.54 Å². The molecule has 1 unspecified atom stereocenters. The van der Waals surface area contributed by atoms with Crippen molar-refractivity contribution in [2.24, 2.45) is 0 Å². The zero-order chi connectivity index (χ0) is 19.7. The summed E-state index contributed by atoms with van der Waals surface area (Å²) in [5, 5.41) is 2.94. The lowest BCUT2D eigenvalue weighted by atomic mass is 10.1. The Bertz CT molecular complexity index is 1050. The molecule has 144 valence electrons. The van der Waals surface area contributed by atoms with E-state index in [1.807, 2.05) is 54.9 Å². The number of carbonyl (C=O) groups is 2. The number of carbonyl (C=O) groups excluding carboxylic acids is 2. The number of aromatic nitrogens is 2. The van der Waals surface area contributed by atoms with E-state index in [0.717, 1.165) is 34.6 Å². The van der Waals surface area contributed by atoms with Crippen LogP contribution in [0.15, 0.2) is 59.8 Å². The second-order valence-electron chi connectivity index (χ2n) is 7.00. The average Bonchev–Trinajstić information content (AvgIpc) is 3.12. The molecule has 28 heavy (non-hydrogen) atoms. The molecule has 0 fully saturated rings. The standard InChI is InChI=1S/C21H22N4O2S/c1-21(20(27)24(2)17-10-5-6-11-18(17)28-21)19(26)22-12-7-13-25-14-23-15-8-3-4-9-16(15)25/h3-6,8-11,14H,7,12-13H2,1-2H3,(H,22,26). The Balaban J connectivity index is 1.39. The summed E-state index contributed by atoms with van der Waals surface area (Å²) in [4.78, 5) is 32.6. The minimum atomic E-state index is -1.16. The van der Waals surface area contributed by atoms with Crippen molar-refractivity contribution in [3.05, 3.63) is 54.9 Å². The molecule has 0 bridgehead atoms. The lowest BCUT2D eigenvalue weighted by Gasteiger charge is -2.36. The highest BCUT2D eigenvalue weighted by Gasteiger charge is 2.48. The number of benzene rings is 2. The van der Waals surface area contributed by atoms with Crippen LogP contribution in [0.25, 0.3) is 11.0 Å². The quantitative estimate of drug-likeness (QED) is 0.533. The van der Waals surface area contributed by atoms with Gasteiger partial charge < -0.3 is 14.8 Å². The van der Waals surface area contributed by atoms with Crippen LogP contribution in [0.1, 0.15) is 13.3 Å². The summed E-state index contributed by atoms with van der Waals surface area (Å²) in [5.74, 6) is -0.450. The third-order valence-corrected chi connectivity index (χ3v) is 6.41.